The van der Waals surface area contributed by atoms with Crippen molar-refractivity contribution in [3.05, 3.63) is 34.9 Å². The molecule has 1 N–H and O–H groups in total. The van der Waals surface area contributed by atoms with Gasteiger partial charge in [-0.15, -0.1) is 11.3 Å². The standard InChI is InChI=1S/C21H22N2O3S2/c24-19-17(13-5-7-15(27-13)22-9-1-2-10-22)20(25)21(26)18(19)14-6-8-16(28-14)23-11-3-4-12-23/h5-8,13,17H,1-4,9-12H2/p+1. The van der Waals surface area contributed by atoms with E-state index in [-0.39, 0.29) is 16.6 Å². The van der Waals surface area contributed by atoms with E-state index in [0.717, 1.165) is 36.2 Å². The Morgan fingerprint density at radius 2 is 1.82 bits per heavy atom. The summed E-state index contributed by atoms with van der Waals surface area (Å²) in [4.78, 5) is 28.5. The molecular formula is C21H23N2O3S2+. The number of hydrogen-bond donors (Lipinski definition) is 1. The number of nitrogens with zero attached hydrogens (tertiary/aromatic N) is 2. The van der Waals surface area contributed by atoms with E-state index in [1.807, 2.05) is 24.3 Å². The Kier molecular flexibility index (Phi) is 4.67. The summed E-state index contributed by atoms with van der Waals surface area (Å²) in [6.07, 6.45) is 8.76. The highest BCUT2D eigenvalue weighted by Gasteiger charge is 2.47. The Morgan fingerprint density at radius 1 is 1.07 bits per heavy atom. The quantitative estimate of drug-likeness (QED) is 0.607. The maximum atomic E-state index is 12.8. The molecule has 0 radical (unpaired) electrons. The maximum absolute atomic E-state index is 12.8. The SMILES string of the molecule is O=C1C(=O)C(C2C=CC(=[N+]3CCCC3)S2)C(O)=C1c1ccc(N2CCCC2)s1. The molecule has 0 saturated carbocycles. The number of Topliss-reactive ketones (excluding diaryl/α,β-unsaturated/α-hetero) is 2. The second kappa shape index (κ2) is 7.19. The Balaban J connectivity index is 1.42. The van der Waals surface area contributed by atoms with E-state index in [0.29, 0.717) is 4.88 Å². The first-order chi connectivity index (χ1) is 13.6. The minimum Gasteiger partial charge on any atom is -0.511 e. The lowest BCUT2D eigenvalue weighted by Gasteiger charge is -2.14. The molecule has 146 valence electrons. The van der Waals surface area contributed by atoms with Gasteiger partial charge in [0.2, 0.25) is 16.6 Å². The van der Waals surface area contributed by atoms with Crippen LogP contribution in [0.3, 0.4) is 0 Å². The van der Waals surface area contributed by atoms with Crippen molar-refractivity contribution in [3.8, 4) is 0 Å². The van der Waals surface area contributed by atoms with Crippen molar-refractivity contribution in [2.24, 2.45) is 5.92 Å². The highest BCUT2D eigenvalue weighted by Crippen LogP contribution is 2.43. The smallest absolute Gasteiger partial charge is 0.235 e. The molecule has 5 rings (SSSR count). The van der Waals surface area contributed by atoms with E-state index in [4.69, 9.17) is 0 Å². The van der Waals surface area contributed by atoms with Crippen LogP contribution in [-0.4, -0.2) is 57.7 Å². The van der Waals surface area contributed by atoms with Gasteiger partial charge in [0.15, 0.2) is 0 Å². The first-order valence-electron chi connectivity index (χ1n) is 9.97. The number of aliphatic hydroxyl groups is 1. The summed E-state index contributed by atoms with van der Waals surface area (Å²) >= 11 is 3.10. The lowest BCUT2D eigenvalue weighted by atomic mass is 10.0. The van der Waals surface area contributed by atoms with Crippen LogP contribution in [0, 0.1) is 5.92 Å². The zero-order valence-corrected chi connectivity index (χ0v) is 17.2. The number of carbonyl (C=O) groups excluding carboxylic acids is 2. The average molecular weight is 416 g/mol. The number of rotatable bonds is 3. The third kappa shape index (κ3) is 2.95. The van der Waals surface area contributed by atoms with Crippen LogP contribution in [0.5, 0.6) is 0 Å². The van der Waals surface area contributed by atoms with Crippen molar-refractivity contribution < 1.29 is 19.3 Å². The van der Waals surface area contributed by atoms with Gasteiger partial charge in [-0.2, -0.15) is 0 Å². The number of ketones is 2. The van der Waals surface area contributed by atoms with Crippen LogP contribution in [0.4, 0.5) is 5.00 Å². The molecule has 1 aromatic heterocycles. The number of allylic oxidation sites excluding steroid dienone is 2. The molecule has 1 aliphatic carbocycles. The largest absolute Gasteiger partial charge is 0.511 e. The van der Waals surface area contributed by atoms with Gasteiger partial charge in [-0.25, -0.2) is 4.58 Å². The number of aliphatic hydroxyl groups excluding tert-OH is 1. The fraction of sp³-hybridized carbons (Fsp3) is 0.476. The summed E-state index contributed by atoms with van der Waals surface area (Å²) < 4.78 is 2.33. The average Bonchev–Trinajstić information content (AvgIpc) is 3.49. The van der Waals surface area contributed by atoms with Gasteiger partial charge in [-0.3, -0.25) is 9.59 Å². The number of thioether (sulfide) groups is 1. The molecular weight excluding hydrogens is 392 g/mol. The summed E-state index contributed by atoms with van der Waals surface area (Å²) in [7, 11) is 0. The zero-order chi connectivity index (χ0) is 19.3. The van der Waals surface area contributed by atoms with Crippen LogP contribution in [0.15, 0.2) is 30.0 Å². The normalized spacial score (nSPS) is 27.9. The van der Waals surface area contributed by atoms with Gasteiger partial charge in [0, 0.05) is 36.9 Å². The van der Waals surface area contributed by atoms with E-state index in [1.165, 1.54) is 37.0 Å². The van der Waals surface area contributed by atoms with Crippen LogP contribution in [0.25, 0.3) is 5.57 Å². The minimum atomic E-state index is -0.763. The van der Waals surface area contributed by atoms with E-state index < -0.39 is 17.5 Å². The van der Waals surface area contributed by atoms with Gasteiger partial charge in [0.25, 0.3) is 0 Å². The van der Waals surface area contributed by atoms with Crippen LogP contribution in [0.1, 0.15) is 30.6 Å². The molecule has 3 aliphatic heterocycles. The molecule has 4 aliphatic rings. The Bertz CT molecular complexity index is 929. The van der Waals surface area contributed by atoms with E-state index >= 15 is 0 Å². The fourth-order valence-corrected chi connectivity index (χ4v) is 6.89. The summed E-state index contributed by atoms with van der Waals surface area (Å²) in [5.41, 5.74) is 0.217. The monoisotopic (exact) mass is 415 g/mol. The van der Waals surface area contributed by atoms with Gasteiger partial charge in [0.05, 0.1) is 21.7 Å². The number of carbonyl (C=O) groups is 2. The van der Waals surface area contributed by atoms with Crippen LogP contribution >= 0.6 is 23.1 Å². The molecule has 4 heterocycles. The summed E-state index contributed by atoms with van der Waals surface area (Å²) in [5, 5.41) is 12.9. The Labute approximate surface area is 172 Å². The van der Waals surface area contributed by atoms with Gasteiger partial charge >= 0.3 is 0 Å². The molecule has 2 fully saturated rings. The van der Waals surface area contributed by atoms with Crippen LogP contribution < -0.4 is 4.90 Å². The molecule has 0 aromatic carbocycles. The maximum Gasteiger partial charge on any atom is 0.235 e. The summed E-state index contributed by atoms with van der Waals surface area (Å²) in [6.45, 7) is 4.13. The lowest BCUT2D eigenvalue weighted by Crippen LogP contribution is -2.25. The van der Waals surface area contributed by atoms with Crippen LogP contribution in [0.2, 0.25) is 0 Å². The first kappa shape index (κ1) is 18.2. The van der Waals surface area contributed by atoms with Gasteiger partial charge in [-0.05, 0) is 36.7 Å². The van der Waals surface area contributed by atoms with Crippen LogP contribution in [-0.2, 0) is 9.59 Å². The highest BCUT2D eigenvalue weighted by atomic mass is 32.2. The molecule has 0 spiro atoms. The number of anilines is 1. The van der Waals surface area contributed by atoms with Gasteiger partial charge in [-0.1, -0.05) is 6.08 Å². The molecule has 0 bridgehead atoms. The highest BCUT2D eigenvalue weighted by molar-refractivity contribution is 8.15. The molecule has 7 heteroatoms. The van der Waals surface area contributed by atoms with E-state index in [9.17, 15) is 14.7 Å². The van der Waals surface area contributed by atoms with Crippen molar-refractivity contribution in [2.45, 2.75) is 30.9 Å². The predicted molar refractivity (Wildman–Crippen MR) is 114 cm³/mol. The Hall–Kier alpha value is -1.86. The molecule has 2 saturated heterocycles. The molecule has 0 amide bonds. The van der Waals surface area contributed by atoms with Gasteiger partial charge in [0.1, 0.15) is 18.8 Å². The molecule has 28 heavy (non-hydrogen) atoms. The zero-order valence-electron chi connectivity index (χ0n) is 15.6. The topological polar surface area (TPSA) is 60.6 Å². The number of thiophene rings is 1. The third-order valence-electron chi connectivity index (χ3n) is 5.97. The summed E-state index contributed by atoms with van der Waals surface area (Å²) in [6, 6.07) is 3.87. The second-order valence-corrected chi connectivity index (χ2v) is 10.00. The van der Waals surface area contributed by atoms with Crippen molar-refractivity contribution in [1.82, 2.24) is 0 Å². The van der Waals surface area contributed by atoms with E-state index in [2.05, 4.69) is 9.48 Å². The predicted octanol–water partition coefficient (Wildman–Crippen LogP) is 3.26. The fourth-order valence-electron chi connectivity index (χ4n) is 4.46. The molecule has 2 unspecified atom stereocenters. The summed E-state index contributed by atoms with van der Waals surface area (Å²) in [5.74, 6) is -1.83. The van der Waals surface area contributed by atoms with Crippen molar-refractivity contribution in [2.75, 3.05) is 31.1 Å². The van der Waals surface area contributed by atoms with E-state index in [1.54, 1.807) is 11.8 Å². The van der Waals surface area contributed by atoms with Crippen molar-refractivity contribution >= 4 is 50.3 Å². The Morgan fingerprint density at radius 3 is 2.57 bits per heavy atom. The minimum absolute atomic E-state index is 0.0466. The second-order valence-electron chi connectivity index (χ2n) is 7.74. The van der Waals surface area contributed by atoms with Crippen molar-refractivity contribution in [1.29, 1.82) is 0 Å². The molecule has 1 aromatic rings. The first-order valence-corrected chi connectivity index (χ1v) is 11.7. The number of hydrogen-bond acceptors (Lipinski definition) is 6. The third-order valence-corrected chi connectivity index (χ3v) is 8.47. The molecule has 2 atom stereocenters. The lowest BCUT2D eigenvalue weighted by molar-refractivity contribution is -0.502. The van der Waals surface area contributed by atoms with Crippen molar-refractivity contribution in [3.63, 3.8) is 0 Å². The molecule has 5 nitrogen and oxygen atoms in total. The van der Waals surface area contributed by atoms with Gasteiger partial charge < -0.3 is 10.0 Å².